The second-order valence-electron chi connectivity index (χ2n) is 7.56. The normalized spacial score (nSPS) is 12.5. The van der Waals surface area contributed by atoms with Crippen molar-refractivity contribution in [3.8, 4) is 17.0 Å². The van der Waals surface area contributed by atoms with E-state index in [-0.39, 0.29) is 10.8 Å². The molecule has 21 heavy (non-hydrogen) atoms. The van der Waals surface area contributed by atoms with Gasteiger partial charge in [0, 0.05) is 11.1 Å². The minimum Gasteiger partial charge on any atom is -0.496 e. The van der Waals surface area contributed by atoms with Gasteiger partial charge in [0.1, 0.15) is 5.75 Å². The number of nitrogens with one attached hydrogen (secondary N) is 1. The number of hydrogen-bond acceptors (Lipinski definition) is 2. The fourth-order valence-corrected chi connectivity index (χ4v) is 2.58. The van der Waals surface area contributed by atoms with Crippen LogP contribution in [-0.2, 0) is 10.8 Å². The van der Waals surface area contributed by atoms with Crippen LogP contribution < -0.4 is 4.74 Å². The number of hydrogen-bond donors (Lipinski definition) is 1. The van der Waals surface area contributed by atoms with E-state index in [0.29, 0.717) is 0 Å². The molecular weight excluding hydrogens is 260 g/mol. The maximum Gasteiger partial charge on any atom is 0.122 e. The van der Waals surface area contributed by atoms with Gasteiger partial charge in [0.2, 0.25) is 0 Å². The van der Waals surface area contributed by atoms with E-state index in [2.05, 4.69) is 63.6 Å². The monoisotopic (exact) mass is 286 g/mol. The molecule has 0 radical (unpaired) electrons. The molecule has 0 bridgehead atoms. The first kappa shape index (κ1) is 15.6. The predicted molar refractivity (Wildman–Crippen MR) is 88.0 cm³/mol. The molecule has 1 N–H and O–H groups in total. The van der Waals surface area contributed by atoms with Crippen molar-refractivity contribution in [2.24, 2.45) is 0 Å². The lowest BCUT2D eigenvalue weighted by Crippen LogP contribution is -2.17. The van der Waals surface area contributed by atoms with Crippen LogP contribution >= 0.6 is 0 Å². The second-order valence-corrected chi connectivity index (χ2v) is 7.56. The fraction of sp³-hybridized carbons (Fsp3) is 0.500. The third-order valence-electron chi connectivity index (χ3n) is 3.74. The first-order chi connectivity index (χ1) is 9.64. The fourth-order valence-electron chi connectivity index (χ4n) is 2.58. The maximum absolute atomic E-state index is 5.65. The van der Waals surface area contributed by atoms with Gasteiger partial charge in [0.15, 0.2) is 0 Å². The minimum absolute atomic E-state index is 0.0243. The summed E-state index contributed by atoms with van der Waals surface area (Å²) in [4.78, 5) is 7.40. The topological polar surface area (TPSA) is 37.9 Å². The molecule has 1 aromatic heterocycles. The Morgan fingerprint density at radius 2 is 1.57 bits per heavy atom. The van der Waals surface area contributed by atoms with Gasteiger partial charge in [-0.2, -0.15) is 0 Å². The Hall–Kier alpha value is -1.77. The van der Waals surface area contributed by atoms with Crippen molar-refractivity contribution in [1.82, 2.24) is 9.97 Å². The van der Waals surface area contributed by atoms with Crippen LogP contribution in [-0.4, -0.2) is 17.1 Å². The van der Waals surface area contributed by atoms with E-state index < -0.39 is 0 Å². The molecule has 0 saturated carbocycles. The lowest BCUT2D eigenvalue weighted by atomic mass is 9.78. The molecule has 0 fully saturated rings. The van der Waals surface area contributed by atoms with Crippen molar-refractivity contribution >= 4 is 0 Å². The Labute approximate surface area is 127 Å². The summed E-state index contributed by atoms with van der Waals surface area (Å²) < 4.78 is 5.65. The van der Waals surface area contributed by atoms with Gasteiger partial charge in [0.05, 0.1) is 25.3 Å². The molecule has 0 aliphatic rings. The third kappa shape index (κ3) is 3.12. The molecule has 3 nitrogen and oxygen atoms in total. The highest BCUT2D eigenvalue weighted by Gasteiger charge is 2.26. The SMILES string of the molecule is COc1cc(C(C)(C)C)c(-c2cnc[nH]2)cc1C(C)(C)C. The number of benzene rings is 1. The zero-order valence-corrected chi connectivity index (χ0v) is 14.2. The molecule has 2 rings (SSSR count). The van der Waals surface area contributed by atoms with Crippen LogP contribution in [0.15, 0.2) is 24.7 Å². The molecule has 0 aliphatic carbocycles. The minimum atomic E-state index is 0.0243. The third-order valence-corrected chi connectivity index (χ3v) is 3.74. The van der Waals surface area contributed by atoms with Gasteiger partial charge in [-0.25, -0.2) is 4.98 Å². The highest BCUT2D eigenvalue weighted by atomic mass is 16.5. The Balaban J connectivity index is 2.77. The summed E-state index contributed by atoms with van der Waals surface area (Å²) in [5, 5.41) is 0. The van der Waals surface area contributed by atoms with Crippen molar-refractivity contribution < 1.29 is 4.74 Å². The van der Waals surface area contributed by atoms with Gasteiger partial charge < -0.3 is 9.72 Å². The maximum atomic E-state index is 5.65. The second kappa shape index (κ2) is 5.21. The number of rotatable bonds is 2. The average Bonchev–Trinajstić information content (AvgIpc) is 2.88. The lowest BCUT2D eigenvalue weighted by molar-refractivity contribution is 0.395. The van der Waals surface area contributed by atoms with Gasteiger partial charge in [-0.15, -0.1) is 0 Å². The van der Waals surface area contributed by atoms with E-state index in [4.69, 9.17) is 4.74 Å². The standard InChI is InChI=1S/C18H26N2O/c1-17(2,3)13-9-16(21-7)14(18(4,5)6)8-12(13)15-10-19-11-20-15/h8-11H,1-7H3,(H,19,20). The summed E-state index contributed by atoms with van der Waals surface area (Å²) in [5.41, 5.74) is 4.78. The highest BCUT2D eigenvalue weighted by molar-refractivity contribution is 5.68. The Bertz CT molecular complexity index is 614. The Morgan fingerprint density at radius 1 is 0.952 bits per heavy atom. The molecule has 1 aromatic carbocycles. The summed E-state index contributed by atoms with van der Waals surface area (Å²) >= 11 is 0. The smallest absolute Gasteiger partial charge is 0.122 e. The molecule has 1 heterocycles. The van der Waals surface area contributed by atoms with Crippen molar-refractivity contribution in [1.29, 1.82) is 0 Å². The van der Waals surface area contributed by atoms with E-state index >= 15 is 0 Å². The first-order valence-corrected chi connectivity index (χ1v) is 7.36. The van der Waals surface area contributed by atoms with Gasteiger partial charge in [0.25, 0.3) is 0 Å². The van der Waals surface area contributed by atoms with Gasteiger partial charge >= 0.3 is 0 Å². The van der Waals surface area contributed by atoms with Crippen LogP contribution in [0.2, 0.25) is 0 Å². The lowest BCUT2D eigenvalue weighted by Gasteiger charge is -2.28. The van der Waals surface area contributed by atoms with Crippen LogP contribution in [0.25, 0.3) is 11.3 Å². The summed E-state index contributed by atoms with van der Waals surface area (Å²) in [7, 11) is 1.74. The van der Waals surface area contributed by atoms with Crippen molar-refractivity contribution in [2.75, 3.05) is 7.11 Å². The zero-order chi connectivity index (χ0) is 15.8. The van der Waals surface area contributed by atoms with E-state index in [9.17, 15) is 0 Å². The molecule has 0 unspecified atom stereocenters. The number of ether oxygens (including phenoxy) is 1. The number of imidazole rings is 1. The zero-order valence-electron chi connectivity index (χ0n) is 14.2. The van der Waals surface area contributed by atoms with Gasteiger partial charge in [-0.3, -0.25) is 0 Å². The van der Waals surface area contributed by atoms with Crippen LogP contribution in [0.5, 0.6) is 5.75 Å². The first-order valence-electron chi connectivity index (χ1n) is 7.36. The molecule has 2 aromatic rings. The van der Waals surface area contributed by atoms with Gasteiger partial charge in [-0.05, 0) is 28.5 Å². The van der Waals surface area contributed by atoms with Crippen molar-refractivity contribution in [3.63, 3.8) is 0 Å². The number of nitrogens with zero attached hydrogens (tertiary/aromatic N) is 1. The predicted octanol–water partition coefficient (Wildman–Crippen LogP) is 4.68. The van der Waals surface area contributed by atoms with Crippen molar-refractivity contribution in [2.45, 2.75) is 52.4 Å². The average molecular weight is 286 g/mol. The number of H-pyrrole nitrogens is 1. The molecule has 114 valence electrons. The summed E-state index contributed by atoms with van der Waals surface area (Å²) in [5.74, 6) is 0.954. The van der Waals surface area contributed by atoms with Crippen LogP contribution in [0, 0.1) is 0 Å². The molecule has 0 atom stereocenters. The summed E-state index contributed by atoms with van der Waals surface area (Å²) in [6, 6.07) is 4.42. The number of aromatic amines is 1. The summed E-state index contributed by atoms with van der Waals surface area (Å²) in [6.45, 7) is 13.3. The van der Waals surface area contributed by atoms with Crippen molar-refractivity contribution in [3.05, 3.63) is 35.8 Å². The Morgan fingerprint density at radius 3 is 2.00 bits per heavy atom. The quantitative estimate of drug-likeness (QED) is 0.870. The van der Waals surface area contributed by atoms with Crippen LogP contribution in [0.1, 0.15) is 52.7 Å². The van der Waals surface area contributed by atoms with Gasteiger partial charge in [-0.1, -0.05) is 41.5 Å². The molecular formula is C18H26N2O. The molecule has 3 heteroatoms. The molecule has 0 spiro atoms. The largest absolute Gasteiger partial charge is 0.496 e. The molecule has 0 saturated heterocycles. The summed E-state index contributed by atoms with van der Waals surface area (Å²) in [6.07, 6.45) is 3.60. The van der Waals surface area contributed by atoms with E-state index in [1.807, 2.05) is 6.20 Å². The Kier molecular flexibility index (Phi) is 3.87. The molecule has 0 amide bonds. The van der Waals surface area contributed by atoms with E-state index in [1.165, 1.54) is 16.7 Å². The molecule has 0 aliphatic heterocycles. The van der Waals surface area contributed by atoms with Crippen LogP contribution in [0.4, 0.5) is 0 Å². The van der Waals surface area contributed by atoms with E-state index in [1.54, 1.807) is 13.4 Å². The highest BCUT2D eigenvalue weighted by Crippen LogP contribution is 2.40. The number of aromatic nitrogens is 2. The van der Waals surface area contributed by atoms with E-state index in [0.717, 1.165) is 11.4 Å². The number of methoxy groups -OCH3 is 1. The van der Waals surface area contributed by atoms with Crippen LogP contribution in [0.3, 0.4) is 0 Å².